The quantitative estimate of drug-likeness (QED) is 0.747. The average molecular weight is 269 g/mol. The molecule has 0 spiro atoms. The Labute approximate surface area is 111 Å². The molecule has 1 aromatic rings. The Morgan fingerprint density at radius 1 is 1.37 bits per heavy atom. The van der Waals surface area contributed by atoms with Crippen LogP contribution in [0.15, 0.2) is 0 Å². The Bertz CT molecular complexity index is 445. The van der Waals surface area contributed by atoms with E-state index in [-0.39, 0.29) is 24.4 Å². The number of nitrogens with one attached hydrogen (secondary N) is 1. The molecule has 0 aromatic carbocycles. The first kappa shape index (κ1) is 15.1. The molecule has 0 aliphatic rings. The van der Waals surface area contributed by atoms with Crippen molar-refractivity contribution in [2.24, 2.45) is 0 Å². The summed E-state index contributed by atoms with van der Waals surface area (Å²) in [6.45, 7) is 7.40. The highest BCUT2D eigenvalue weighted by atomic mass is 16.5. The Balaban J connectivity index is 2.82. The molecule has 1 aromatic heterocycles. The second-order valence-electron chi connectivity index (χ2n) is 4.16. The van der Waals surface area contributed by atoms with Crippen LogP contribution in [0.25, 0.3) is 0 Å². The van der Waals surface area contributed by atoms with Gasteiger partial charge in [-0.2, -0.15) is 0 Å². The molecule has 1 heterocycles. The van der Waals surface area contributed by atoms with Gasteiger partial charge in [-0.1, -0.05) is 6.92 Å². The second kappa shape index (κ2) is 6.81. The van der Waals surface area contributed by atoms with Crippen LogP contribution in [-0.2, 0) is 9.53 Å². The Morgan fingerprint density at radius 3 is 2.63 bits per heavy atom. The van der Waals surface area contributed by atoms with Crippen molar-refractivity contribution in [3.63, 3.8) is 0 Å². The summed E-state index contributed by atoms with van der Waals surface area (Å²) in [6, 6.07) is -0.624. The first-order chi connectivity index (χ1) is 9.01. The van der Waals surface area contributed by atoms with Crippen molar-refractivity contribution in [3.8, 4) is 0 Å². The standard InChI is InChI=1S/C11H19N5O3/c1-5-7(3)12-10(17)8(4)16-9(13-14-15-16)11(18)19-6-2/h7-8H,5-6H2,1-4H3,(H,12,17). The Hall–Kier alpha value is -1.99. The smallest absolute Gasteiger partial charge is 0.378 e. The van der Waals surface area contributed by atoms with E-state index in [4.69, 9.17) is 4.74 Å². The minimum Gasteiger partial charge on any atom is -0.460 e. The fraction of sp³-hybridized carbons (Fsp3) is 0.727. The third-order valence-electron chi connectivity index (χ3n) is 2.70. The van der Waals surface area contributed by atoms with Crippen LogP contribution in [0.3, 0.4) is 0 Å². The summed E-state index contributed by atoms with van der Waals surface area (Å²) >= 11 is 0. The number of carbonyl (C=O) groups excluding carboxylic acids is 2. The number of carbonyl (C=O) groups is 2. The average Bonchev–Trinajstić information content (AvgIpc) is 2.86. The van der Waals surface area contributed by atoms with Crippen LogP contribution in [0, 0.1) is 0 Å². The molecule has 2 atom stereocenters. The van der Waals surface area contributed by atoms with Gasteiger partial charge in [-0.25, -0.2) is 9.48 Å². The van der Waals surface area contributed by atoms with E-state index in [2.05, 4.69) is 20.8 Å². The van der Waals surface area contributed by atoms with Crippen LogP contribution in [0.2, 0.25) is 0 Å². The van der Waals surface area contributed by atoms with Gasteiger partial charge in [-0.15, -0.1) is 5.10 Å². The number of ether oxygens (including phenoxy) is 1. The van der Waals surface area contributed by atoms with E-state index in [1.807, 2.05) is 13.8 Å². The van der Waals surface area contributed by atoms with Gasteiger partial charge in [0.1, 0.15) is 6.04 Å². The van der Waals surface area contributed by atoms with Gasteiger partial charge >= 0.3 is 5.97 Å². The van der Waals surface area contributed by atoms with Gasteiger partial charge in [0.25, 0.3) is 5.82 Å². The molecular weight excluding hydrogens is 250 g/mol. The predicted octanol–water partition coefficient (Wildman–Crippen LogP) is 0.325. The molecule has 0 radical (unpaired) electrons. The largest absolute Gasteiger partial charge is 0.460 e. The number of hydrogen-bond donors (Lipinski definition) is 1. The summed E-state index contributed by atoms with van der Waals surface area (Å²) in [6.07, 6.45) is 0.818. The van der Waals surface area contributed by atoms with Crippen molar-refractivity contribution in [3.05, 3.63) is 5.82 Å². The molecule has 19 heavy (non-hydrogen) atoms. The highest BCUT2D eigenvalue weighted by molar-refractivity contribution is 5.87. The van der Waals surface area contributed by atoms with Crippen molar-refractivity contribution in [2.75, 3.05) is 6.61 Å². The number of amides is 1. The number of rotatable bonds is 6. The van der Waals surface area contributed by atoms with Crippen molar-refractivity contribution >= 4 is 11.9 Å². The molecule has 8 heteroatoms. The van der Waals surface area contributed by atoms with Gasteiger partial charge in [0.15, 0.2) is 0 Å². The van der Waals surface area contributed by atoms with Crippen molar-refractivity contribution in [1.29, 1.82) is 0 Å². The minimum absolute atomic E-state index is 0.0532. The van der Waals surface area contributed by atoms with E-state index >= 15 is 0 Å². The van der Waals surface area contributed by atoms with E-state index in [1.54, 1.807) is 13.8 Å². The van der Waals surface area contributed by atoms with E-state index in [0.717, 1.165) is 11.1 Å². The van der Waals surface area contributed by atoms with Gasteiger partial charge in [0.05, 0.1) is 6.61 Å². The number of tetrazole rings is 1. The van der Waals surface area contributed by atoms with Gasteiger partial charge in [-0.3, -0.25) is 4.79 Å². The summed E-state index contributed by atoms with van der Waals surface area (Å²) in [5, 5.41) is 13.5. The first-order valence-electron chi connectivity index (χ1n) is 6.26. The Kier molecular flexibility index (Phi) is 5.40. The summed E-state index contributed by atoms with van der Waals surface area (Å²) in [5.74, 6) is -0.962. The van der Waals surface area contributed by atoms with Crippen LogP contribution in [0.4, 0.5) is 0 Å². The van der Waals surface area contributed by atoms with Crippen LogP contribution in [0.1, 0.15) is 50.8 Å². The normalized spacial score (nSPS) is 13.7. The predicted molar refractivity (Wildman–Crippen MR) is 66.4 cm³/mol. The molecule has 0 fully saturated rings. The molecule has 106 valence electrons. The summed E-state index contributed by atoms with van der Waals surface area (Å²) in [4.78, 5) is 23.6. The van der Waals surface area contributed by atoms with Gasteiger partial charge in [-0.05, 0) is 37.6 Å². The summed E-state index contributed by atoms with van der Waals surface area (Å²) < 4.78 is 5.99. The molecule has 0 bridgehead atoms. The van der Waals surface area contributed by atoms with Crippen LogP contribution in [-0.4, -0.2) is 44.7 Å². The summed E-state index contributed by atoms with van der Waals surface area (Å²) in [7, 11) is 0. The molecule has 2 unspecified atom stereocenters. The maximum Gasteiger partial charge on any atom is 0.378 e. The van der Waals surface area contributed by atoms with E-state index in [9.17, 15) is 9.59 Å². The second-order valence-corrected chi connectivity index (χ2v) is 4.16. The number of nitrogens with zero attached hydrogens (tertiary/aromatic N) is 4. The fourth-order valence-corrected chi connectivity index (χ4v) is 1.36. The lowest BCUT2D eigenvalue weighted by molar-refractivity contribution is -0.124. The van der Waals surface area contributed by atoms with E-state index in [1.165, 1.54) is 0 Å². The third kappa shape index (κ3) is 3.73. The number of esters is 1. The zero-order chi connectivity index (χ0) is 14.4. The zero-order valence-electron chi connectivity index (χ0n) is 11.6. The monoisotopic (exact) mass is 269 g/mol. The lowest BCUT2D eigenvalue weighted by Crippen LogP contribution is -2.38. The lowest BCUT2D eigenvalue weighted by Gasteiger charge is -2.16. The third-order valence-corrected chi connectivity index (χ3v) is 2.70. The van der Waals surface area contributed by atoms with Gasteiger partial charge in [0.2, 0.25) is 5.91 Å². The van der Waals surface area contributed by atoms with E-state index in [0.29, 0.717) is 0 Å². The zero-order valence-corrected chi connectivity index (χ0v) is 11.6. The van der Waals surface area contributed by atoms with Crippen molar-refractivity contribution in [1.82, 2.24) is 25.5 Å². The molecule has 0 saturated carbocycles. The number of hydrogen-bond acceptors (Lipinski definition) is 6. The van der Waals surface area contributed by atoms with Crippen molar-refractivity contribution in [2.45, 2.75) is 46.2 Å². The lowest BCUT2D eigenvalue weighted by atomic mass is 10.2. The maximum absolute atomic E-state index is 12.0. The topological polar surface area (TPSA) is 99.0 Å². The molecule has 0 aliphatic carbocycles. The van der Waals surface area contributed by atoms with Crippen LogP contribution < -0.4 is 5.32 Å². The number of aromatic nitrogens is 4. The SMILES string of the molecule is CCOC(=O)c1nnnn1C(C)C(=O)NC(C)CC. The van der Waals surface area contributed by atoms with E-state index < -0.39 is 12.0 Å². The van der Waals surface area contributed by atoms with Crippen molar-refractivity contribution < 1.29 is 14.3 Å². The molecule has 0 aliphatic heterocycles. The highest BCUT2D eigenvalue weighted by Gasteiger charge is 2.25. The fourth-order valence-electron chi connectivity index (χ4n) is 1.36. The van der Waals surface area contributed by atoms with Gasteiger partial charge in [0, 0.05) is 6.04 Å². The minimum atomic E-state index is -0.677. The first-order valence-corrected chi connectivity index (χ1v) is 6.26. The summed E-state index contributed by atoms with van der Waals surface area (Å²) in [5.41, 5.74) is 0. The molecule has 1 amide bonds. The maximum atomic E-state index is 12.0. The van der Waals surface area contributed by atoms with Gasteiger partial charge < -0.3 is 10.1 Å². The molecular formula is C11H19N5O3. The highest BCUT2D eigenvalue weighted by Crippen LogP contribution is 2.08. The molecule has 0 saturated heterocycles. The Morgan fingerprint density at radius 2 is 2.05 bits per heavy atom. The molecule has 1 N–H and O–H groups in total. The van der Waals surface area contributed by atoms with Crippen LogP contribution >= 0.6 is 0 Å². The van der Waals surface area contributed by atoms with Crippen LogP contribution in [0.5, 0.6) is 0 Å². The molecule has 1 rings (SSSR count). The molecule has 8 nitrogen and oxygen atoms in total.